The Labute approximate surface area is 172 Å². The summed E-state index contributed by atoms with van der Waals surface area (Å²) in [6.45, 7) is 9.05. The first-order valence-corrected chi connectivity index (χ1v) is 10.2. The highest BCUT2D eigenvalue weighted by molar-refractivity contribution is 5.90. The number of nitrogens with zero attached hydrogens (tertiary/aromatic N) is 2. The summed E-state index contributed by atoms with van der Waals surface area (Å²) in [6.07, 6.45) is 0.188. The Morgan fingerprint density at radius 2 is 1.79 bits per heavy atom. The number of para-hydroxylation sites is 1. The molecule has 2 amide bonds. The van der Waals surface area contributed by atoms with Crippen LogP contribution in [-0.4, -0.2) is 72.4 Å². The molecule has 0 unspecified atom stereocenters. The number of amides is 2. The smallest absolute Gasteiger partial charge is 0.248 e. The molecule has 0 radical (unpaired) electrons. The molecule has 8 heteroatoms. The van der Waals surface area contributed by atoms with Gasteiger partial charge >= 0.3 is 0 Å². The lowest BCUT2D eigenvalue weighted by Gasteiger charge is -2.42. The van der Waals surface area contributed by atoms with E-state index in [1.165, 1.54) is 0 Å². The molecule has 3 atom stereocenters. The van der Waals surface area contributed by atoms with Gasteiger partial charge in [-0.1, -0.05) is 18.2 Å². The normalized spacial score (nSPS) is 25.6. The first kappa shape index (κ1) is 21.5. The van der Waals surface area contributed by atoms with E-state index in [4.69, 9.17) is 4.74 Å². The van der Waals surface area contributed by atoms with E-state index in [0.717, 1.165) is 18.8 Å². The molecule has 0 aromatic heterocycles. The molecule has 1 aromatic carbocycles. The number of carbonyl (C=O) groups excluding carboxylic acids is 2. The zero-order chi connectivity index (χ0) is 21.0. The van der Waals surface area contributed by atoms with Crippen molar-refractivity contribution in [2.75, 3.05) is 37.6 Å². The number of hydroxylamine groups is 1. The van der Waals surface area contributed by atoms with Crippen LogP contribution in [-0.2, 0) is 14.3 Å². The number of nitrogens with one attached hydrogen (secondary N) is 2. The summed E-state index contributed by atoms with van der Waals surface area (Å²) >= 11 is 0. The largest absolute Gasteiger partial charge is 0.371 e. The standard InChI is InChI=1S/C21H32N4O4/c1-21(2,3)29-16-13-17(19(26)23-28)18(22-14-16)20(27)25-11-9-24(10-12-25)15-7-5-4-6-8-15/h4-8,16-18,22,28H,9-14H2,1-3H3,(H,23,26)/t16-,17-,18-/m0/s1. The van der Waals surface area contributed by atoms with Crippen molar-refractivity contribution < 1.29 is 19.5 Å². The number of piperazine rings is 1. The summed E-state index contributed by atoms with van der Waals surface area (Å²) in [5.74, 6) is -1.33. The molecule has 3 N–H and O–H groups in total. The molecule has 29 heavy (non-hydrogen) atoms. The van der Waals surface area contributed by atoms with Crippen molar-refractivity contribution in [1.29, 1.82) is 0 Å². The van der Waals surface area contributed by atoms with E-state index in [0.29, 0.717) is 26.1 Å². The first-order chi connectivity index (χ1) is 13.8. The molecule has 2 aliphatic heterocycles. The Hall–Kier alpha value is -2.16. The molecular weight excluding hydrogens is 372 g/mol. The zero-order valence-electron chi connectivity index (χ0n) is 17.4. The number of anilines is 1. The summed E-state index contributed by atoms with van der Waals surface area (Å²) < 4.78 is 5.98. The number of ether oxygens (including phenoxy) is 1. The summed E-state index contributed by atoms with van der Waals surface area (Å²) in [5, 5.41) is 12.4. The predicted molar refractivity (Wildman–Crippen MR) is 110 cm³/mol. The average molecular weight is 405 g/mol. The molecule has 0 saturated carbocycles. The third-order valence-corrected chi connectivity index (χ3v) is 5.43. The maximum absolute atomic E-state index is 13.2. The highest BCUT2D eigenvalue weighted by Gasteiger charge is 2.42. The van der Waals surface area contributed by atoms with Gasteiger partial charge in [-0.05, 0) is 39.3 Å². The van der Waals surface area contributed by atoms with Crippen LogP contribution in [0.15, 0.2) is 30.3 Å². The quantitative estimate of drug-likeness (QED) is 0.512. The predicted octanol–water partition coefficient (Wildman–Crippen LogP) is 1.00. The summed E-state index contributed by atoms with van der Waals surface area (Å²) in [7, 11) is 0. The van der Waals surface area contributed by atoms with Crippen LogP contribution in [0.25, 0.3) is 0 Å². The van der Waals surface area contributed by atoms with Crippen LogP contribution in [0.1, 0.15) is 27.2 Å². The second-order valence-corrected chi connectivity index (χ2v) is 8.70. The molecule has 3 rings (SSSR count). The van der Waals surface area contributed by atoms with Crippen molar-refractivity contribution in [2.45, 2.75) is 44.9 Å². The molecule has 1 aromatic rings. The number of rotatable bonds is 4. The summed E-state index contributed by atoms with van der Waals surface area (Å²) in [6, 6.07) is 9.47. The topological polar surface area (TPSA) is 94.1 Å². The molecule has 2 heterocycles. The van der Waals surface area contributed by atoms with Crippen LogP contribution in [0, 0.1) is 5.92 Å². The Bertz CT molecular complexity index is 698. The minimum Gasteiger partial charge on any atom is -0.371 e. The molecule has 2 fully saturated rings. The van der Waals surface area contributed by atoms with Crippen LogP contribution < -0.4 is 15.7 Å². The van der Waals surface area contributed by atoms with Gasteiger partial charge in [-0.2, -0.15) is 0 Å². The van der Waals surface area contributed by atoms with Gasteiger partial charge in [-0.15, -0.1) is 0 Å². The molecular formula is C21H32N4O4. The van der Waals surface area contributed by atoms with E-state index in [9.17, 15) is 14.8 Å². The minimum absolute atomic E-state index is 0.0967. The second-order valence-electron chi connectivity index (χ2n) is 8.70. The second kappa shape index (κ2) is 9.11. The van der Waals surface area contributed by atoms with Crippen molar-refractivity contribution in [2.24, 2.45) is 5.92 Å². The highest BCUT2D eigenvalue weighted by Crippen LogP contribution is 2.25. The molecule has 160 valence electrons. The third kappa shape index (κ3) is 5.46. The Morgan fingerprint density at radius 3 is 2.38 bits per heavy atom. The average Bonchev–Trinajstić information content (AvgIpc) is 2.72. The third-order valence-electron chi connectivity index (χ3n) is 5.43. The Morgan fingerprint density at radius 1 is 1.14 bits per heavy atom. The van der Waals surface area contributed by atoms with Crippen LogP contribution in [0.3, 0.4) is 0 Å². The molecule has 0 spiro atoms. The lowest BCUT2D eigenvalue weighted by atomic mass is 9.87. The number of hydrogen-bond acceptors (Lipinski definition) is 6. The number of carbonyl (C=O) groups is 2. The van der Waals surface area contributed by atoms with Crippen molar-refractivity contribution in [1.82, 2.24) is 15.7 Å². The maximum Gasteiger partial charge on any atom is 0.248 e. The van der Waals surface area contributed by atoms with Crippen molar-refractivity contribution >= 4 is 17.5 Å². The van der Waals surface area contributed by atoms with Crippen molar-refractivity contribution in [3.63, 3.8) is 0 Å². The zero-order valence-corrected chi connectivity index (χ0v) is 17.4. The Kier molecular flexibility index (Phi) is 6.77. The van der Waals surface area contributed by atoms with Crippen LogP contribution in [0.4, 0.5) is 5.69 Å². The monoisotopic (exact) mass is 404 g/mol. The molecule has 2 aliphatic rings. The van der Waals surface area contributed by atoms with Gasteiger partial charge in [-0.3, -0.25) is 14.8 Å². The van der Waals surface area contributed by atoms with E-state index in [2.05, 4.69) is 22.3 Å². The van der Waals surface area contributed by atoms with Crippen LogP contribution in [0.5, 0.6) is 0 Å². The van der Waals surface area contributed by atoms with E-state index < -0.39 is 17.9 Å². The van der Waals surface area contributed by atoms with E-state index in [-0.39, 0.29) is 17.6 Å². The van der Waals surface area contributed by atoms with Crippen molar-refractivity contribution in [3.8, 4) is 0 Å². The van der Waals surface area contributed by atoms with Crippen LogP contribution >= 0.6 is 0 Å². The SMILES string of the molecule is CC(C)(C)O[C@@H]1CN[C@H](C(=O)N2CCN(c3ccccc3)CC2)[C@@H](C(=O)NO)C1. The molecule has 2 saturated heterocycles. The Balaban J connectivity index is 1.62. The fourth-order valence-electron chi connectivity index (χ4n) is 4.11. The fourth-order valence-corrected chi connectivity index (χ4v) is 4.11. The summed E-state index contributed by atoms with van der Waals surface area (Å²) in [4.78, 5) is 29.5. The van der Waals surface area contributed by atoms with Gasteiger partial charge in [0.25, 0.3) is 0 Å². The molecule has 0 bridgehead atoms. The molecule has 0 aliphatic carbocycles. The highest BCUT2D eigenvalue weighted by atomic mass is 16.5. The van der Waals surface area contributed by atoms with Gasteiger partial charge in [0.05, 0.1) is 23.7 Å². The molecule has 8 nitrogen and oxygen atoms in total. The first-order valence-electron chi connectivity index (χ1n) is 10.2. The number of benzene rings is 1. The lowest BCUT2D eigenvalue weighted by Crippen LogP contribution is -2.62. The lowest BCUT2D eigenvalue weighted by molar-refractivity contribution is -0.149. The summed E-state index contributed by atoms with van der Waals surface area (Å²) in [5.41, 5.74) is 2.52. The van der Waals surface area contributed by atoms with Gasteiger partial charge in [0.1, 0.15) is 0 Å². The van der Waals surface area contributed by atoms with Gasteiger partial charge < -0.3 is 19.9 Å². The van der Waals surface area contributed by atoms with Gasteiger partial charge in [-0.25, -0.2) is 5.48 Å². The van der Waals surface area contributed by atoms with Crippen molar-refractivity contribution in [3.05, 3.63) is 30.3 Å². The van der Waals surface area contributed by atoms with Gasteiger partial charge in [0.15, 0.2) is 0 Å². The minimum atomic E-state index is -0.680. The van der Waals surface area contributed by atoms with E-state index in [1.54, 1.807) is 10.4 Å². The number of hydrogen-bond donors (Lipinski definition) is 3. The maximum atomic E-state index is 13.2. The van der Waals surface area contributed by atoms with Crippen LogP contribution in [0.2, 0.25) is 0 Å². The van der Waals surface area contributed by atoms with E-state index in [1.807, 2.05) is 39.0 Å². The van der Waals surface area contributed by atoms with E-state index >= 15 is 0 Å². The van der Waals surface area contributed by atoms with Gasteiger partial charge in [0, 0.05) is 38.4 Å². The number of piperidine rings is 1. The fraction of sp³-hybridized carbons (Fsp3) is 0.619. The van der Waals surface area contributed by atoms with Gasteiger partial charge in [0.2, 0.25) is 11.8 Å².